The van der Waals surface area contributed by atoms with Gasteiger partial charge < -0.3 is 10.5 Å². The van der Waals surface area contributed by atoms with Gasteiger partial charge in [-0.25, -0.2) is 4.98 Å². The van der Waals surface area contributed by atoms with Crippen molar-refractivity contribution in [1.29, 1.82) is 0 Å². The largest absolute Gasteiger partial charge is 0.482 e. The number of pyridine rings is 1. The van der Waals surface area contributed by atoms with E-state index in [0.717, 1.165) is 51.3 Å². The van der Waals surface area contributed by atoms with E-state index in [2.05, 4.69) is 36.3 Å². The molecule has 3 aromatic heterocycles. The van der Waals surface area contributed by atoms with Crippen LogP contribution in [0.1, 0.15) is 48.1 Å². The molecule has 4 aromatic rings. The molecule has 1 aliphatic heterocycles. The third kappa shape index (κ3) is 3.64. The summed E-state index contributed by atoms with van der Waals surface area (Å²) in [6, 6.07) is 8.36. The van der Waals surface area contributed by atoms with Crippen LogP contribution in [0.15, 0.2) is 36.7 Å². The first-order valence-corrected chi connectivity index (χ1v) is 12.1. The van der Waals surface area contributed by atoms with E-state index in [1.807, 2.05) is 29.4 Å². The number of benzene rings is 1. The molecule has 7 nitrogen and oxygen atoms in total. The second-order valence-electron chi connectivity index (χ2n) is 9.55. The van der Waals surface area contributed by atoms with Crippen LogP contribution in [0.4, 0.5) is 5.82 Å². The topological polar surface area (TPSA) is 83.8 Å². The van der Waals surface area contributed by atoms with E-state index < -0.39 is 0 Å². The zero-order chi connectivity index (χ0) is 23.6. The molecule has 0 spiro atoms. The third-order valence-corrected chi connectivity index (χ3v) is 7.06. The smallest absolute Gasteiger partial charge is 0.166 e. The predicted octanol–water partition coefficient (Wildman–Crippen LogP) is 5.34. The van der Waals surface area contributed by atoms with E-state index in [4.69, 9.17) is 32.3 Å². The van der Waals surface area contributed by atoms with Crippen LogP contribution in [-0.4, -0.2) is 24.5 Å². The van der Waals surface area contributed by atoms with Crippen molar-refractivity contribution in [3.05, 3.63) is 64.1 Å². The first-order valence-electron chi connectivity index (χ1n) is 11.7. The van der Waals surface area contributed by atoms with Crippen molar-refractivity contribution >= 4 is 17.4 Å². The lowest BCUT2D eigenvalue weighted by Crippen LogP contribution is -2.10. The molecular weight excluding hydrogens is 448 g/mol. The summed E-state index contributed by atoms with van der Waals surface area (Å²) in [5.74, 6) is 1.56. The number of nitrogen functional groups attached to an aromatic ring is 1. The molecule has 6 rings (SSSR count). The highest BCUT2D eigenvalue weighted by molar-refractivity contribution is 6.30. The highest BCUT2D eigenvalue weighted by atomic mass is 35.5. The number of nitrogens with two attached hydrogens (primary N) is 1. The molecule has 2 N–H and O–H groups in total. The summed E-state index contributed by atoms with van der Waals surface area (Å²) in [5, 5.41) is 10.1. The summed E-state index contributed by atoms with van der Waals surface area (Å²) >= 11 is 6.78. The zero-order valence-corrected chi connectivity index (χ0v) is 20.3. The molecule has 0 saturated heterocycles. The first-order chi connectivity index (χ1) is 16.4. The fourth-order valence-electron chi connectivity index (χ4n) is 4.88. The Morgan fingerprint density at radius 2 is 2.03 bits per heavy atom. The van der Waals surface area contributed by atoms with Gasteiger partial charge in [-0.15, -0.1) is 0 Å². The van der Waals surface area contributed by atoms with E-state index in [1.54, 1.807) is 6.20 Å². The van der Waals surface area contributed by atoms with Crippen LogP contribution in [-0.2, 0) is 20.0 Å². The standard InChI is InChI=1S/C26H27ClN6O/c1-14-4-7-19-20(8-14)15(2)34-22-10-17(11-29-26(22)28)24-21(9-18-13-32(3)30-23(18)19)25(27)31-33(24)12-16-5-6-16/h4,7-8,10-11,13,15-16H,5-6,9,12H2,1-3H3,(H2,28,29)/t15-/m1/s1. The number of anilines is 1. The molecule has 0 unspecified atom stereocenters. The van der Waals surface area contributed by atoms with E-state index in [-0.39, 0.29) is 6.10 Å². The molecule has 8 heteroatoms. The van der Waals surface area contributed by atoms with Gasteiger partial charge >= 0.3 is 0 Å². The van der Waals surface area contributed by atoms with Crippen LogP contribution in [0, 0.1) is 12.8 Å². The first kappa shape index (κ1) is 21.2. The molecule has 1 aromatic carbocycles. The number of hydrogen-bond donors (Lipinski definition) is 1. The summed E-state index contributed by atoms with van der Waals surface area (Å²) in [6.07, 6.45) is 6.68. The molecule has 1 aliphatic carbocycles. The van der Waals surface area contributed by atoms with E-state index >= 15 is 0 Å². The van der Waals surface area contributed by atoms with Crippen molar-refractivity contribution in [2.45, 2.75) is 45.8 Å². The minimum atomic E-state index is -0.247. The van der Waals surface area contributed by atoms with E-state index in [1.165, 1.54) is 12.8 Å². The minimum absolute atomic E-state index is 0.247. The van der Waals surface area contributed by atoms with Crippen molar-refractivity contribution < 1.29 is 4.74 Å². The van der Waals surface area contributed by atoms with Crippen LogP contribution in [0.5, 0.6) is 5.75 Å². The number of aryl methyl sites for hydroxylation is 2. The number of ether oxygens (including phenoxy) is 1. The summed E-state index contributed by atoms with van der Waals surface area (Å²) < 4.78 is 10.3. The van der Waals surface area contributed by atoms with Crippen LogP contribution < -0.4 is 10.5 Å². The molecule has 1 atom stereocenters. The Bertz CT molecular complexity index is 1420. The van der Waals surface area contributed by atoms with Crippen LogP contribution >= 0.6 is 11.6 Å². The van der Waals surface area contributed by atoms with Gasteiger partial charge in [0.2, 0.25) is 0 Å². The SMILES string of the molecule is Cc1ccc2c(c1)[C@@H](C)Oc1cc(cnc1N)-c1c(c(Cl)nn1CC1CC1)Cc1cn(C)nc1-2. The molecule has 0 amide bonds. The second kappa shape index (κ2) is 7.87. The Labute approximate surface area is 203 Å². The van der Waals surface area contributed by atoms with Gasteiger partial charge in [0.15, 0.2) is 16.7 Å². The van der Waals surface area contributed by atoms with Gasteiger partial charge in [0.05, 0.1) is 11.4 Å². The quantitative estimate of drug-likeness (QED) is 0.423. The average molecular weight is 475 g/mol. The van der Waals surface area contributed by atoms with Crippen LogP contribution in [0.25, 0.3) is 22.5 Å². The summed E-state index contributed by atoms with van der Waals surface area (Å²) in [7, 11) is 1.95. The number of nitrogens with zero attached hydrogens (tertiary/aromatic N) is 5. The minimum Gasteiger partial charge on any atom is -0.482 e. The summed E-state index contributed by atoms with van der Waals surface area (Å²) in [5.41, 5.74) is 14.4. The predicted molar refractivity (Wildman–Crippen MR) is 133 cm³/mol. The Kier molecular flexibility index (Phi) is 4.92. The van der Waals surface area contributed by atoms with Gasteiger partial charge in [0.1, 0.15) is 6.10 Å². The van der Waals surface area contributed by atoms with E-state index in [9.17, 15) is 0 Å². The Hall–Kier alpha value is -3.32. The van der Waals surface area contributed by atoms with Gasteiger partial charge in [-0.2, -0.15) is 10.2 Å². The molecular formula is C26H27ClN6O. The lowest BCUT2D eigenvalue weighted by Gasteiger charge is -2.21. The van der Waals surface area contributed by atoms with Gasteiger partial charge in [0.25, 0.3) is 0 Å². The lowest BCUT2D eigenvalue weighted by atomic mass is 9.93. The molecule has 1 saturated carbocycles. The Balaban J connectivity index is 1.62. The summed E-state index contributed by atoms with van der Waals surface area (Å²) in [4.78, 5) is 4.48. The number of aromatic nitrogens is 5. The van der Waals surface area contributed by atoms with Crippen LogP contribution in [0.2, 0.25) is 5.15 Å². The van der Waals surface area contributed by atoms with Crippen molar-refractivity contribution in [2.24, 2.45) is 13.0 Å². The van der Waals surface area contributed by atoms with Gasteiger partial charge in [0, 0.05) is 60.2 Å². The Morgan fingerprint density at radius 1 is 1.21 bits per heavy atom. The maximum absolute atomic E-state index is 6.78. The van der Waals surface area contributed by atoms with Gasteiger partial charge in [-0.3, -0.25) is 9.36 Å². The normalized spacial score (nSPS) is 17.1. The maximum Gasteiger partial charge on any atom is 0.166 e. The fourth-order valence-corrected chi connectivity index (χ4v) is 5.13. The maximum atomic E-state index is 6.78. The molecule has 4 heterocycles. The molecule has 174 valence electrons. The molecule has 0 radical (unpaired) electrons. The highest BCUT2D eigenvalue weighted by Crippen LogP contribution is 2.41. The van der Waals surface area contributed by atoms with Crippen LogP contribution in [0.3, 0.4) is 0 Å². The average Bonchev–Trinajstić information content (AvgIpc) is 3.46. The van der Waals surface area contributed by atoms with Crippen molar-refractivity contribution in [3.8, 4) is 28.3 Å². The highest BCUT2D eigenvalue weighted by Gasteiger charge is 2.29. The number of fused-ring (bicyclic) bond motifs is 7. The van der Waals surface area contributed by atoms with Crippen molar-refractivity contribution in [3.63, 3.8) is 0 Å². The molecule has 1 fully saturated rings. The molecule has 2 aliphatic rings. The number of rotatable bonds is 2. The Morgan fingerprint density at radius 3 is 2.82 bits per heavy atom. The van der Waals surface area contributed by atoms with Crippen molar-refractivity contribution in [1.82, 2.24) is 24.5 Å². The summed E-state index contributed by atoms with van der Waals surface area (Å²) in [6.45, 7) is 4.96. The third-order valence-electron chi connectivity index (χ3n) is 6.76. The monoisotopic (exact) mass is 474 g/mol. The number of hydrogen-bond acceptors (Lipinski definition) is 5. The second-order valence-corrected chi connectivity index (χ2v) is 9.91. The van der Waals surface area contributed by atoms with E-state index in [0.29, 0.717) is 29.1 Å². The van der Waals surface area contributed by atoms with Crippen molar-refractivity contribution in [2.75, 3.05) is 5.73 Å². The number of halogens is 1. The van der Waals surface area contributed by atoms with Gasteiger partial charge in [-0.05, 0) is 38.7 Å². The zero-order valence-electron chi connectivity index (χ0n) is 19.5. The fraction of sp³-hybridized carbons (Fsp3) is 0.346. The molecule has 2 bridgehead atoms. The lowest BCUT2D eigenvalue weighted by molar-refractivity contribution is 0.228. The molecule has 34 heavy (non-hydrogen) atoms. The van der Waals surface area contributed by atoms with Gasteiger partial charge in [-0.1, -0.05) is 35.4 Å².